The van der Waals surface area contributed by atoms with E-state index in [-0.39, 0.29) is 0 Å². The molecule has 1 unspecified atom stereocenters. The number of anilines is 1. The molecule has 3 N–H and O–H groups in total. The summed E-state index contributed by atoms with van der Waals surface area (Å²) in [6.07, 6.45) is 7.06. The number of aromatic nitrogens is 3. The Morgan fingerprint density at radius 1 is 1.24 bits per heavy atom. The molecular formula is C16H31N5. The third-order valence-corrected chi connectivity index (χ3v) is 4.72. The first-order valence-electron chi connectivity index (χ1n) is 8.58. The molecule has 21 heavy (non-hydrogen) atoms. The van der Waals surface area contributed by atoms with E-state index >= 15 is 0 Å². The predicted molar refractivity (Wildman–Crippen MR) is 87.5 cm³/mol. The maximum atomic E-state index is 6.01. The number of nitrogens with one attached hydrogen (secondary N) is 1. The van der Waals surface area contributed by atoms with Gasteiger partial charge < -0.3 is 10.6 Å². The van der Waals surface area contributed by atoms with Gasteiger partial charge in [0, 0.05) is 25.0 Å². The van der Waals surface area contributed by atoms with Crippen LogP contribution in [0.5, 0.6) is 0 Å². The molecule has 5 nitrogen and oxygen atoms in total. The monoisotopic (exact) mass is 293 g/mol. The fourth-order valence-corrected chi connectivity index (χ4v) is 3.33. The smallest absolute Gasteiger partial charge is 0.244 e. The van der Waals surface area contributed by atoms with Crippen LogP contribution in [0, 0.1) is 5.92 Å². The summed E-state index contributed by atoms with van der Waals surface area (Å²) in [5.41, 5.74) is 6.01. The van der Waals surface area contributed by atoms with Crippen molar-refractivity contribution in [2.45, 2.75) is 71.3 Å². The van der Waals surface area contributed by atoms with Crippen LogP contribution in [-0.2, 0) is 0 Å². The molecule has 5 heteroatoms. The number of rotatable bonds is 7. The van der Waals surface area contributed by atoms with Crippen molar-refractivity contribution < 1.29 is 0 Å². The molecule has 0 bridgehead atoms. The standard InChI is InChI=1S/C16H31N5/c1-4-6-14(7-5-2)15-18-16(20-19-15)21-10-8-13(9-11-21)12(3)17/h12-14H,4-11,17H2,1-3H3,(H,18,19,20). The fraction of sp³-hybridized carbons (Fsp3) is 0.875. The van der Waals surface area contributed by atoms with E-state index in [1.54, 1.807) is 0 Å². The second kappa shape index (κ2) is 7.78. The maximum Gasteiger partial charge on any atom is 0.244 e. The second-order valence-electron chi connectivity index (χ2n) is 6.48. The minimum atomic E-state index is 0.299. The van der Waals surface area contributed by atoms with Crippen LogP contribution in [0.1, 0.15) is 71.0 Å². The summed E-state index contributed by atoms with van der Waals surface area (Å²) < 4.78 is 0. The highest BCUT2D eigenvalue weighted by molar-refractivity contribution is 5.30. The molecule has 0 spiro atoms. The maximum absolute atomic E-state index is 6.01. The van der Waals surface area contributed by atoms with Crippen molar-refractivity contribution in [3.05, 3.63) is 5.82 Å². The first kappa shape index (κ1) is 16.3. The van der Waals surface area contributed by atoms with Crippen LogP contribution in [0.25, 0.3) is 0 Å². The Bertz CT molecular complexity index is 401. The van der Waals surface area contributed by atoms with Crippen LogP contribution in [0.2, 0.25) is 0 Å². The molecule has 2 heterocycles. The van der Waals surface area contributed by atoms with Crippen molar-refractivity contribution in [1.29, 1.82) is 0 Å². The fourth-order valence-electron chi connectivity index (χ4n) is 3.33. The summed E-state index contributed by atoms with van der Waals surface area (Å²) in [5.74, 6) is 3.13. The average molecular weight is 293 g/mol. The molecule has 1 aromatic rings. The Kier molecular flexibility index (Phi) is 6.03. The molecule has 1 fully saturated rings. The SMILES string of the molecule is CCCC(CCC)c1nc(N2CCC(C(C)N)CC2)n[nH]1. The topological polar surface area (TPSA) is 70.8 Å². The molecule has 1 atom stereocenters. The number of aromatic amines is 1. The van der Waals surface area contributed by atoms with Crippen LogP contribution in [-0.4, -0.2) is 34.3 Å². The summed E-state index contributed by atoms with van der Waals surface area (Å²) in [6, 6.07) is 0.299. The lowest BCUT2D eigenvalue weighted by Gasteiger charge is -2.32. The van der Waals surface area contributed by atoms with Gasteiger partial charge in [0.05, 0.1) is 0 Å². The predicted octanol–water partition coefficient (Wildman–Crippen LogP) is 3.05. The Morgan fingerprint density at radius 3 is 2.38 bits per heavy atom. The van der Waals surface area contributed by atoms with Gasteiger partial charge in [-0.1, -0.05) is 26.7 Å². The molecule has 0 aliphatic carbocycles. The van der Waals surface area contributed by atoms with Crippen LogP contribution >= 0.6 is 0 Å². The highest BCUT2D eigenvalue weighted by atomic mass is 15.4. The van der Waals surface area contributed by atoms with Gasteiger partial charge >= 0.3 is 0 Å². The molecule has 1 aliphatic heterocycles. The molecule has 120 valence electrons. The highest BCUT2D eigenvalue weighted by Crippen LogP contribution is 2.26. The number of nitrogens with two attached hydrogens (primary N) is 1. The highest BCUT2D eigenvalue weighted by Gasteiger charge is 2.24. The number of hydrogen-bond donors (Lipinski definition) is 2. The zero-order chi connectivity index (χ0) is 15.2. The Hall–Kier alpha value is -1.10. The normalized spacial score (nSPS) is 18.4. The van der Waals surface area contributed by atoms with Crippen molar-refractivity contribution in [2.75, 3.05) is 18.0 Å². The molecule has 0 saturated carbocycles. The Labute approximate surface area is 128 Å². The van der Waals surface area contributed by atoms with Crippen LogP contribution in [0.15, 0.2) is 0 Å². The zero-order valence-corrected chi connectivity index (χ0v) is 13.8. The van der Waals surface area contributed by atoms with Gasteiger partial charge in [0.2, 0.25) is 5.95 Å². The zero-order valence-electron chi connectivity index (χ0n) is 13.8. The van der Waals surface area contributed by atoms with Gasteiger partial charge in [0.15, 0.2) is 0 Å². The van der Waals surface area contributed by atoms with E-state index in [0.29, 0.717) is 17.9 Å². The van der Waals surface area contributed by atoms with Gasteiger partial charge in [-0.3, -0.25) is 5.10 Å². The van der Waals surface area contributed by atoms with Gasteiger partial charge in [-0.15, -0.1) is 5.10 Å². The van der Waals surface area contributed by atoms with E-state index in [1.165, 1.54) is 25.7 Å². The van der Waals surface area contributed by atoms with E-state index in [0.717, 1.165) is 37.7 Å². The summed E-state index contributed by atoms with van der Waals surface area (Å²) in [4.78, 5) is 7.07. The van der Waals surface area contributed by atoms with Crippen LogP contribution in [0.3, 0.4) is 0 Å². The minimum absolute atomic E-state index is 0.299. The molecule has 0 radical (unpaired) electrons. The molecule has 1 aromatic heterocycles. The molecular weight excluding hydrogens is 262 g/mol. The summed E-state index contributed by atoms with van der Waals surface area (Å²) in [6.45, 7) is 8.63. The Balaban J connectivity index is 1.96. The van der Waals surface area contributed by atoms with Crippen molar-refractivity contribution in [1.82, 2.24) is 15.2 Å². The van der Waals surface area contributed by atoms with Crippen LogP contribution in [0.4, 0.5) is 5.95 Å². The first-order chi connectivity index (χ1) is 10.2. The van der Waals surface area contributed by atoms with E-state index in [2.05, 4.69) is 35.9 Å². The number of nitrogens with zero attached hydrogens (tertiary/aromatic N) is 3. The molecule has 1 aliphatic rings. The van der Waals surface area contributed by atoms with Gasteiger partial charge in [0.1, 0.15) is 5.82 Å². The van der Waals surface area contributed by atoms with E-state index in [1.807, 2.05) is 0 Å². The second-order valence-corrected chi connectivity index (χ2v) is 6.48. The largest absolute Gasteiger partial charge is 0.340 e. The lowest BCUT2D eigenvalue weighted by atomic mass is 9.91. The molecule has 2 rings (SSSR count). The average Bonchev–Trinajstić information content (AvgIpc) is 2.97. The van der Waals surface area contributed by atoms with Crippen molar-refractivity contribution in [2.24, 2.45) is 11.7 Å². The first-order valence-corrected chi connectivity index (χ1v) is 8.58. The molecule has 1 saturated heterocycles. The third-order valence-electron chi connectivity index (χ3n) is 4.72. The van der Waals surface area contributed by atoms with Gasteiger partial charge in [-0.05, 0) is 38.5 Å². The van der Waals surface area contributed by atoms with E-state index < -0.39 is 0 Å². The summed E-state index contributed by atoms with van der Waals surface area (Å²) >= 11 is 0. The van der Waals surface area contributed by atoms with E-state index in [4.69, 9.17) is 10.7 Å². The molecule has 0 aromatic carbocycles. The van der Waals surface area contributed by atoms with Crippen LogP contribution < -0.4 is 10.6 Å². The van der Waals surface area contributed by atoms with E-state index in [9.17, 15) is 0 Å². The number of H-pyrrole nitrogens is 1. The minimum Gasteiger partial charge on any atom is -0.340 e. The summed E-state index contributed by atoms with van der Waals surface area (Å²) in [5, 5.41) is 7.63. The lowest BCUT2D eigenvalue weighted by molar-refractivity contribution is 0.352. The van der Waals surface area contributed by atoms with Crippen molar-refractivity contribution in [3.8, 4) is 0 Å². The van der Waals surface area contributed by atoms with Crippen molar-refractivity contribution >= 4 is 5.95 Å². The van der Waals surface area contributed by atoms with Crippen molar-refractivity contribution in [3.63, 3.8) is 0 Å². The third kappa shape index (κ3) is 4.19. The van der Waals surface area contributed by atoms with Gasteiger partial charge in [-0.25, -0.2) is 0 Å². The lowest BCUT2D eigenvalue weighted by Crippen LogP contribution is -2.40. The number of piperidine rings is 1. The quantitative estimate of drug-likeness (QED) is 0.810. The Morgan fingerprint density at radius 2 is 1.86 bits per heavy atom. The number of hydrogen-bond acceptors (Lipinski definition) is 4. The summed E-state index contributed by atoms with van der Waals surface area (Å²) in [7, 11) is 0. The van der Waals surface area contributed by atoms with Gasteiger partial charge in [0.25, 0.3) is 0 Å². The van der Waals surface area contributed by atoms with Gasteiger partial charge in [-0.2, -0.15) is 4.98 Å². The molecule has 0 amide bonds.